The molecule has 1 aliphatic heterocycles. The van der Waals surface area contributed by atoms with Gasteiger partial charge in [0.1, 0.15) is 6.04 Å². The lowest BCUT2D eigenvalue weighted by Crippen LogP contribution is -2.47. The summed E-state index contributed by atoms with van der Waals surface area (Å²) in [7, 11) is 0. The Bertz CT molecular complexity index is 851. The van der Waals surface area contributed by atoms with Crippen LogP contribution in [0.2, 0.25) is 0 Å². The van der Waals surface area contributed by atoms with Crippen LogP contribution in [-0.4, -0.2) is 41.8 Å². The molecule has 1 aliphatic rings. The van der Waals surface area contributed by atoms with Gasteiger partial charge >= 0.3 is 6.03 Å². The maximum atomic E-state index is 12.7. The Kier molecular flexibility index (Phi) is 6.42. The van der Waals surface area contributed by atoms with Crippen molar-refractivity contribution in [2.75, 3.05) is 18.4 Å². The summed E-state index contributed by atoms with van der Waals surface area (Å²) in [6.45, 7) is 2.56. The second kappa shape index (κ2) is 9.17. The van der Waals surface area contributed by atoms with E-state index in [0.717, 1.165) is 18.4 Å². The van der Waals surface area contributed by atoms with Crippen LogP contribution in [0, 0.1) is 0 Å². The summed E-state index contributed by atoms with van der Waals surface area (Å²) in [6.07, 6.45) is 2.19. The van der Waals surface area contributed by atoms with Gasteiger partial charge in [-0.3, -0.25) is 9.59 Å². The number of benzene rings is 2. The summed E-state index contributed by atoms with van der Waals surface area (Å²) in [5, 5.41) is 5.74. The largest absolute Gasteiger partial charge is 0.354 e. The number of nitrogens with zero attached hydrogens (tertiary/aromatic N) is 1. The molecule has 2 N–H and O–H groups in total. The molecule has 0 aliphatic carbocycles. The Balaban J connectivity index is 1.55. The minimum Gasteiger partial charge on any atom is -0.354 e. The fourth-order valence-electron chi connectivity index (χ4n) is 3.39. The average molecular weight is 379 g/mol. The van der Waals surface area contributed by atoms with Gasteiger partial charge in [-0.25, -0.2) is 4.79 Å². The van der Waals surface area contributed by atoms with Gasteiger partial charge in [0.25, 0.3) is 0 Å². The maximum Gasteiger partial charge on any atom is 0.322 e. The Morgan fingerprint density at radius 1 is 1.07 bits per heavy atom. The number of ketones is 1. The van der Waals surface area contributed by atoms with Gasteiger partial charge in [0.2, 0.25) is 5.91 Å². The monoisotopic (exact) mass is 379 g/mol. The second-order valence-corrected chi connectivity index (χ2v) is 6.95. The SMILES string of the molecule is CC(=O)c1cccc(NC(=O)N2CCC[C@@H]2C(=O)NCCc2ccccc2)c1. The highest BCUT2D eigenvalue weighted by atomic mass is 16.2. The van der Waals surface area contributed by atoms with Crippen molar-refractivity contribution >= 4 is 23.4 Å². The van der Waals surface area contributed by atoms with Crippen LogP contribution in [-0.2, 0) is 11.2 Å². The van der Waals surface area contributed by atoms with Crippen molar-refractivity contribution in [1.29, 1.82) is 0 Å². The zero-order chi connectivity index (χ0) is 19.9. The first-order valence-electron chi connectivity index (χ1n) is 9.55. The van der Waals surface area contributed by atoms with E-state index in [4.69, 9.17) is 0 Å². The molecule has 1 heterocycles. The van der Waals surface area contributed by atoms with Crippen molar-refractivity contribution in [2.24, 2.45) is 0 Å². The van der Waals surface area contributed by atoms with Crippen molar-refractivity contribution in [3.05, 3.63) is 65.7 Å². The van der Waals surface area contributed by atoms with E-state index in [0.29, 0.717) is 30.8 Å². The number of anilines is 1. The molecule has 0 spiro atoms. The number of nitrogens with one attached hydrogen (secondary N) is 2. The highest BCUT2D eigenvalue weighted by molar-refractivity contribution is 5.97. The molecule has 3 rings (SSSR count). The van der Waals surface area contributed by atoms with Gasteiger partial charge in [0.05, 0.1) is 0 Å². The molecule has 6 nitrogen and oxygen atoms in total. The lowest BCUT2D eigenvalue weighted by atomic mass is 10.1. The molecule has 146 valence electrons. The van der Waals surface area contributed by atoms with Gasteiger partial charge in [-0.05, 0) is 43.9 Å². The van der Waals surface area contributed by atoms with Crippen LogP contribution >= 0.6 is 0 Å². The summed E-state index contributed by atoms with van der Waals surface area (Å²) in [5.41, 5.74) is 2.25. The van der Waals surface area contributed by atoms with Crippen LogP contribution in [0.4, 0.5) is 10.5 Å². The Morgan fingerprint density at radius 2 is 1.86 bits per heavy atom. The molecule has 0 bridgehead atoms. The van der Waals surface area contributed by atoms with Crippen LogP contribution in [0.3, 0.4) is 0 Å². The fourth-order valence-corrected chi connectivity index (χ4v) is 3.39. The summed E-state index contributed by atoms with van der Waals surface area (Å²) >= 11 is 0. The first-order valence-corrected chi connectivity index (χ1v) is 9.55. The third-order valence-electron chi connectivity index (χ3n) is 4.89. The third kappa shape index (κ3) is 4.97. The second-order valence-electron chi connectivity index (χ2n) is 6.95. The zero-order valence-corrected chi connectivity index (χ0v) is 16.0. The van der Waals surface area contributed by atoms with Crippen LogP contribution in [0.5, 0.6) is 0 Å². The molecular weight excluding hydrogens is 354 g/mol. The van der Waals surface area contributed by atoms with Crippen LogP contribution in [0.25, 0.3) is 0 Å². The van der Waals surface area contributed by atoms with Crippen molar-refractivity contribution in [3.8, 4) is 0 Å². The van der Waals surface area contributed by atoms with E-state index in [1.54, 1.807) is 29.2 Å². The number of hydrogen-bond acceptors (Lipinski definition) is 3. The molecule has 2 aromatic rings. The van der Waals surface area contributed by atoms with Crippen LogP contribution in [0.1, 0.15) is 35.7 Å². The third-order valence-corrected chi connectivity index (χ3v) is 4.89. The summed E-state index contributed by atoms with van der Waals surface area (Å²) in [4.78, 5) is 38.3. The number of rotatable bonds is 6. The predicted octanol–water partition coefficient (Wildman–Crippen LogP) is 3.24. The van der Waals surface area contributed by atoms with E-state index in [-0.39, 0.29) is 17.7 Å². The maximum absolute atomic E-state index is 12.7. The van der Waals surface area contributed by atoms with Crippen molar-refractivity contribution in [2.45, 2.75) is 32.2 Å². The van der Waals surface area contributed by atoms with E-state index in [1.807, 2.05) is 30.3 Å². The summed E-state index contributed by atoms with van der Waals surface area (Å²) in [5.74, 6) is -0.186. The van der Waals surface area contributed by atoms with Gasteiger partial charge in [-0.1, -0.05) is 42.5 Å². The van der Waals surface area contributed by atoms with Gasteiger partial charge in [0.15, 0.2) is 5.78 Å². The minimum atomic E-state index is -0.466. The molecule has 0 saturated carbocycles. The topological polar surface area (TPSA) is 78.5 Å². The number of carbonyl (C=O) groups is 3. The molecule has 0 radical (unpaired) electrons. The summed E-state index contributed by atoms with van der Waals surface area (Å²) in [6, 6.07) is 16.0. The molecule has 0 unspecified atom stereocenters. The van der Waals surface area contributed by atoms with E-state index in [9.17, 15) is 14.4 Å². The zero-order valence-electron chi connectivity index (χ0n) is 16.0. The lowest BCUT2D eigenvalue weighted by Gasteiger charge is -2.24. The molecule has 1 fully saturated rings. The normalized spacial score (nSPS) is 15.9. The molecule has 6 heteroatoms. The Labute approximate surface area is 164 Å². The number of amides is 3. The molecule has 1 saturated heterocycles. The summed E-state index contributed by atoms with van der Waals surface area (Å²) < 4.78 is 0. The molecule has 3 amide bonds. The standard InChI is InChI=1S/C22H25N3O3/c1-16(26)18-9-5-10-19(15-18)24-22(28)25-14-6-11-20(25)21(27)23-13-12-17-7-3-2-4-8-17/h2-5,7-10,15,20H,6,11-14H2,1H3,(H,23,27)(H,24,28)/t20-/m1/s1. The number of carbonyl (C=O) groups excluding carboxylic acids is 3. The number of urea groups is 1. The highest BCUT2D eigenvalue weighted by Gasteiger charge is 2.34. The van der Waals surface area contributed by atoms with E-state index in [2.05, 4.69) is 10.6 Å². The molecule has 1 atom stereocenters. The van der Waals surface area contributed by atoms with Crippen molar-refractivity contribution in [3.63, 3.8) is 0 Å². The van der Waals surface area contributed by atoms with Crippen LogP contribution < -0.4 is 10.6 Å². The van der Waals surface area contributed by atoms with Crippen molar-refractivity contribution in [1.82, 2.24) is 10.2 Å². The quantitative estimate of drug-likeness (QED) is 0.757. The molecule has 28 heavy (non-hydrogen) atoms. The van der Waals surface area contributed by atoms with E-state index < -0.39 is 6.04 Å². The smallest absolute Gasteiger partial charge is 0.322 e. The first kappa shape index (κ1) is 19.6. The molecule has 0 aromatic heterocycles. The van der Waals surface area contributed by atoms with Gasteiger partial charge in [0, 0.05) is 24.3 Å². The van der Waals surface area contributed by atoms with Gasteiger partial charge < -0.3 is 15.5 Å². The van der Waals surface area contributed by atoms with Gasteiger partial charge in [-0.2, -0.15) is 0 Å². The number of hydrogen-bond donors (Lipinski definition) is 2. The minimum absolute atomic E-state index is 0.0621. The Hall–Kier alpha value is -3.15. The van der Waals surface area contributed by atoms with Gasteiger partial charge in [-0.15, -0.1) is 0 Å². The van der Waals surface area contributed by atoms with E-state index in [1.165, 1.54) is 6.92 Å². The number of likely N-dealkylation sites (tertiary alicyclic amines) is 1. The van der Waals surface area contributed by atoms with Crippen LogP contribution in [0.15, 0.2) is 54.6 Å². The molecular formula is C22H25N3O3. The number of Topliss-reactive ketones (excluding diaryl/α,β-unsaturated/α-hetero) is 1. The molecule has 2 aromatic carbocycles. The predicted molar refractivity (Wildman–Crippen MR) is 108 cm³/mol. The van der Waals surface area contributed by atoms with E-state index >= 15 is 0 Å². The average Bonchev–Trinajstić information content (AvgIpc) is 3.19. The fraction of sp³-hybridized carbons (Fsp3) is 0.318. The first-order chi connectivity index (χ1) is 13.5. The van der Waals surface area contributed by atoms with Crippen molar-refractivity contribution < 1.29 is 14.4 Å². The Morgan fingerprint density at radius 3 is 2.61 bits per heavy atom. The lowest BCUT2D eigenvalue weighted by molar-refractivity contribution is -0.124. The highest BCUT2D eigenvalue weighted by Crippen LogP contribution is 2.20.